The Hall–Kier alpha value is -2.08. The van der Waals surface area contributed by atoms with E-state index in [0.717, 1.165) is 43.1 Å². The van der Waals surface area contributed by atoms with E-state index in [1.807, 2.05) is 54.9 Å². The monoisotopic (exact) mass is 330 g/mol. The Kier molecular flexibility index (Phi) is 4.76. The molecule has 2 aromatic heterocycles. The lowest BCUT2D eigenvalue weighted by Crippen LogP contribution is -2.39. The Balaban J connectivity index is 1.70. The standard InChI is InChI=1S/C18H26N4O2/c1-13-11-19-17(22(13)14(2)12-23)15-6-9-21(10-7-15)18(24)16-5-4-8-20(16)3/h4-5,8,11,14-15,23H,6-7,9-10,12H2,1-3H3/t14-/m1/s1. The fourth-order valence-corrected chi connectivity index (χ4v) is 3.61. The van der Waals surface area contributed by atoms with Crippen molar-refractivity contribution in [3.05, 3.63) is 41.7 Å². The second-order valence-electron chi connectivity index (χ2n) is 6.73. The minimum atomic E-state index is 0.0329. The molecule has 1 atom stereocenters. The van der Waals surface area contributed by atoms with E-state index in [0.29, 0.717) is 5.92 Å². The molecule has 6 nitrogen and oxygen atoms in total. The lowest BCUT2D eigenvalue weighted by atomic mass is 9.95. The largest absolute Gasteiger partial charge is 0.394 e. The van der Waals surface area contributed by atoms with Crippen LogP contribution in [-0.2, 0) is 7.05 Å². The highest BCUT2D eigenvalue weighted by Crippen LogP contribution is 2.30. The number of carbonyl (C=O) groups excluding carboxylic acids is 1. The predicted molar refractivity (Wildman–Crippen MR) is 92.1 cm³/mol. The molecule has 2 aromatic rings. The van der Waals surface area contributed by atoms with Gasteiger partial charge in [-0.2, -0.15) is 0 Å². The minimum Gasteiger partial charge on any atom is -0.394 e. The number of aliphatic hydroxyl groups excluding tert-OH is 1. The molecule has 0 saturated carbocycles. The van der Waals surface area contributed by atoms with Crippen LogP contribution < -0.4 is 0 Å². The van der Waals surface area contributed by atoms with Crippen molar-refractivity contribution in [3.8, 4) is 0 Å². The van der Waals surface area contributed by atoms with Gasteiger partial charge in [0.1, 0.15) is 11.5 Å². The second kappa shape index (κ2) is 6.81. The molecule has 1 amide bonds. The zero-order valence-electron chi connectivity index (χ0n) is 14.6. The van der Waals surface area contributed by atoms with Crippen LogP contribution in [0.15, 0.2) is 24.5 Å². The summed E-state index contributed by atoms with van der Waals surface area (Å²) < 4.78 is 4.01. The molecule has 24 heavy (non-hydrogen) atoms. The van der Waals surface area contributed by atoms with Gasteiger partial charge in [0.15, 0.2) is 0 Å². The van der Waals surface area contributed by atoms with Gasteiger partial charge in [-0.1, -0.05) is 0 Å². The van der Waals surface area contributed by atoms with Crippen LogP contribution >= 0.6 is 0 Å². The summed E-state index contributed by atoms with van der Waals surface area (Å²) in [7, 11) is 1.90. The van der Waals surface area contributed by atoms with Gasteiger partial charge >= 0.3 is 0 Å². The smallest absolute Gasteiger partial charge is 0.270 e. The molecule has 3 heterocycles. The van der Waals surface area contributed by atoms with E-state index in [9.17, 15) is 9.90 Å². The molecule has 1 aliphatic heterocycles. The summed E-state index contributed by atoms with van der Waals surface area (Å²) in [5.74, 6) is 1.48. The van der Waals surface area contributed by atoms with Crippen molar-refractivity contribution in [1.82, 2.24) is 19.0 Å². The third-order valence-corrected chi connectivity index (χ3v) is 5.03. The highest BCUT2D eigenvalue weighted by Gasteiger charge is 2.29. The maximum Gasteiger partial charge on any atom is 0.270 e. The predicted octanol–water partition coefficient (Wildman–Crippen LogP) is 2.10. The molecule has 0 unspecified atom stereocenters. The summed E-state index contributed by atoms with van der Waals surface area (Å²) in [5.41, 5.74) is 1.81. The van der Waals surface area contributed by atoms with E-state index in [4.69, 9.17) is 0 Å². The first kappa shape index (κ1) is 16.8. The third-order valence-electron chi connectivity index (χ3n) is 5.03. The molecule has 0 spiro atoms. The average molecular weight is 330 g/mol. The Labute approximate surface area is 142 Å². The lowest BCUT2D eigenvalue weighted by Gasteiger charge is -2.32. The van der Waals surface area contributed by atoms with Crippen LogP contribution in [0.4, 0.5) is 0 Å². The molecule has 1 fully saturated rings. The Morgan fingerprint density at radius 1 is 1.42 bits per heavy atom. The molecule has 0 aromatic carbocycles. The number of aromatic nitrogens is 3. The van der Waals surface area contributed by atoms with Crippen LogP contribution in [0.2, 0.25) is 0 Å². The summed E-state index contributed by atoms with van der Waals surface area (Å²) in [6.07, 6.45) is 5.59. The van der Waals surface area contributed by atoms with Crippen molar-refractivity contribution in [3.63, 3.8) is 0 Å². The highest BCUT2D eigenvalue weighted by molar-refractivity contribution is 5.92. The summed E-state index contributed by atoms with van der Waals surface area (Å²) >= 11 is 0. The molecule has 1 saturated heterocycles. The van der Waals surface area contributed by atoms with Gasteiger partial charge in [0.05, 0.1) is 12.6 Å². The van der Waals surface area contributed by atoms with Gasteiger partial charge in [-0.25, -0.2) is 4.98 Å². The molecule has 3 rings (SSSR count). The number of hydrogen-bond donors (Lipinski definition) is 1. The number of aliphatic hydroxyl groups is 1. The van der Waals surface area contributed by atoms with Gasteiger partial charge in [0, 0.05) is 44.1 Å². The van der Waals surface area contributed by atoms with E-state index in [2.05, 4.69) is 9.55 Å². The van der Waals surface area contributed by atoms with Gasteiger partial charge < -0.3 is 19.1 Å². The Morgan fingerprint density at radius 2 is 2.12 bits per heavy atom. The lowest BCUT2D eigenvalue weighted by molar-refractivity contribution is 0.0700. The molecular formula is C18H26N4O2. The highest BCUT2D eigenvalue weighted by atomic mass is 16.3. The normalized spacial score (nSPS) is 17.2. The van der Waals surface area contributed by atoms with Crippen LogP contribution in [0.25, 0.3) is 0 Å². The number of rotatable bonds is 4. The molecule has 0 radical (unpaired) electrons. The van der Waals surface area contributed by atoms with Gasteiger partial charge in [-0.05, 0) is 38.8 Å². The third kappa shape index (κ3) is 2.98. The molecule has 1 aliphatic rings. The van der Waals surface area contributed by atoms with Crippen molar-refractivity contribution >= 4 is 5.91 Å². The Morgan fingerprint density at radius 3 is 2.71 bits per heavy atom. The van der Waals surface area contributed by atoms with Gasteiger partial charge in [0.2, 0.25) is 0 Å². The minimum absolute atomic E-state index is 0.0329. The zero-order chi connectivity index (χ0) is 17.3. The zero-order valence-corrected chi connectivity index (χ0v) is 14.6. The number of nitrogens with zero attached hydrogens (tertiary/aromatic N) is 4. The molecule has 1 N–H and O–H groups in total. The van der Waals surface area contributed by atoms with Gasteiger partial charge in [0.25, 0.3) is 5.91 Å². The van der Waals surface area contributed by atoms with Crippen molar-refractivity contribution < 1.29 is 9.90 Å². The number of carbonyl (C=O) groups is 1. The first-order valence-electron chi connectivity index (χ1n) is 8.58. The number of piperidine rings is 1. The number of imidazole rings is 1. The van der Waals surface area contributed by atoms with Crippen molar-refractivity contribution in [2.45, 2.75) is 38.6 Å². The van der Waals surface area contributed by atoms with Crippen LogP contribution in [0, 0.1) is 6.92 Å². The van der Waals surface area contributed by atoms with E-state index in [1.54, 1.807) is 0 Å². The summed E-state index contributed by atoms with van der Waals surface area (Å²) in [6.45, 7) is 5.63. The summed E-state index contributed by atoms with van der Waals surface area (Å²) in [6, 6.07) is 3.80. The summed E-state index contributed by atoms with van der Waals surface area (Å²) in [5, 5.41) is 9.50. The first-order valence-corrected chi connectivity index (χ1v) is 8.58. The molecular weight excluding hydrogens is 304 g/mol. The fourth-order valence-electron chi connectivity index (χ4n) is 3.61. The van der Waals surface area contributed by atoms with E-state index >= 15 is 0 Å². The molecule has 6 heteroatoms. The van der Waals surface area contributed by atoms with Crippen LogP contribution in [0.5, 0.6) is 0 Å². The number of amides is 1. The Bertz CT molecular complexity index is 710. The number of hydrogen-bond acceptors (Lipinski definition) is 3. The van der Waals surface area contributed by atoms with Crippen LogP contribution in [0.3, 0.4) is 0 Å². The SMILES string of the molecule is Cc1cnc(C2CCN(C(=O)c3cccn3C)CC2)n1[C@H](C)CO. The second-order valence-corrected chi connectivity index (χ2v) is 6.73. The quantitative estimate of drug-likeness (QED) is 0.934. The molecule has 0 aliphatic carbocycles. The van der Waals surface area contributed by atoms with E-state index in [-0.39, 0.29) is 18.6 Å². The van der Waals surface area contributed by atoms with E-state index < -0.39 is 0 Å². The van der Waals surface area contributed by atoms with Crippen LogP contribution in [0.1, 0.15) is 53.7 Å². The molecule has 0 bridgehead atoms. The van der Waals surface area contributed by atoms with Gasteiger partial charge in [-0.3, -0.25) is 4.79 Å². The first-order chi connectivity index (χ1) is 11.5. The van der Waals surface area contributed by atoms with Crippen molar-refractivity contribution in [1.29, 1.82) is 0 Å². The topological polar surface area (TPSA) is 63.3 Å². The number of aryl methyl sites for hydroxylation is 2. The molecule has 130 valence electrons. The average Bonchev–Trinajstić information content (AvgIpc) is 3.19. The number of likely N-dealkylation sites (tertiary alicyclic amines) is 1. The maximum atomic E-state index is 12.6. The summed E-state index contributed by atoms with van der Waals surface area (Å²) in [4.78, 5) is 19.1. The van der Waals surface area contributed by atoms with Crippen molar-refractivity contribution in [2.75, 3.05) is 19.7 Å². The maximum absolute atomic E-state index is 12.6. The van der Waals surface area contributed by atoms with Crippen LogP contribution in [-0.4, -0.2) is 49.7 Å². The van der Waals surface area contributed by atoms with Gasteiger partial charge in [-0.15, -0.1) is 0 Å². The van der Waals surface area contributed by atoms with Crippen molar-refractivity contribution in [2.24, 2.45) is 7.05 Å². The van der Waals surface area contributed by atoms with E-state index in [1.165, 1.54) is 0 Å². The fraction of sp³-hybridized carbons (Fsp3) is 0.556.